The Morgan fingerprint density at radius 1 is 0.885 bits per heavy atom. The highest BCUT2D eigenvalue weighted by Crippen LogP contribution is 2.15. The highest BCUT2D eigenvalue weighted by atomic mass is 16.5. The van der Waals surface area contributed by atoms with Crippen LogP contribution in [0.15, 0.2) is 24.3 Å². The van der Waals surface area contributed by atoms with E-state index < -0.39 is 0 Å². The van der Waals surface area contributed by atoms with Gasteiger partial charge in [0.2, 0.25) is 0 Å². The van der Waals surface area contributed by atoms with Crippen molar-refractivity contribution in [3.63, 3.8) is 0 Å². The van der Waals surface area contributed by atoms with Crippen molar-refractivity contribution in [3.8, 4) is 0 Å². The first kappa shape index (κ1) is 22.2. The molecule has 4 heteroatoms. The Labute approximate surface area is 158 Å². The largest absolute Gasteiger partial charge is 0.456 e. The Bertz CT molecular complexity index is 528. The van der Waals surface area contributed by atoms with Gasteiger partial charge in [-0.2, -0.15) is 0 Å². The van der Waals surface area contributed by atoms with E-state index in [0.29, 0.717) is 6.42 Å². The molecule has 0 saturated carbocycles. The maximum absolute atomic E-state index is 11.9. The Hall–Kier alpha value is -1.84. The molecule has 0 bridgehead atoms. The van der Waals surface area contributed by atoms with Gasteiger partial charge in [0.15, 0.2) is 6.61 Å². The second-order valence-electron chi connectivity index (χ2n) is 6.80. The van der Waals surface area contributed by atoms with Crippen molar-refractivity contribution in [1.82, 2.24) is 0 Å². The molecule has 1 amide bonds. The maximum atomic E-state index is 11.9. The van der Waals surface area contributed by atoms with Crippen LogP contribution >= 0.6 is 0 Å². The Morgan fingerprint density at radius 3 is 2.15 bits per heavy atom. The molecule has 0 unspecified atom stereocenters. The molecule has 0 atom stereocenters. The number of carbonyl (C=O) groups is 2. The number of rotatable bonds is 14. The molecule has 0 heterocycles. The third-order valence-electron chi connectivity index (χ3n) is 4.52. The zero-order valence-corrected chi connectivity index (χ0v) is 16.5. The number of carbonyl (C=O) groups excluding carboxylic acids is 2. The van der Waals surface area contributed by atoms with Crippen LogP contribution in [0.1, 0.15) is 83.6 Å². The number of aryl methyl sites for hydroxylation is 1. The quantitative estimate of drug-likeness (QED) is 0.344. The SMILES string of the molecule is CCCCCCCCCCCC(=O)OCC(=O)Nc1ccccc1CC. The van der Waals surface area contributed by atoms with E-state index in [2.05, 4.69) is 12.2 Å². The Morgan fingerprint density at radius 2 is 1.50 bits per heavy atom. The summed E-state index contributed by atoms with van der Waals surface area (Å²) in [6.45, 7) is 4.05. The average Bonchev–Trinajstić information content (AvgIpc) is 2.65. The summed E-state index contributed by atoms with van der Waals surface area (Å²) in [5.74, 6) is -0.571. The molecule has 1 N–H and O–H groups in total. The Balaban J connectivity index is 2.06. The molecule has 146 valence electrons. The zero-order chi connectivity index (χ0) is 19.0. The monoisotopic (exact) mass is 361 g/mol. The normalized spacial score (nSPS) is 10.5. The zero-order valence-electron chi connectivity index (χ0n) is 16.5. The summed E-state index contributed by atoms with van der Waals surface area (Å²) in [4.78, 5) is 23.6. The molecule has 0 fully saturated rings. The number of esters is 1. The van der Waals surface area contributed by atoms with Crippen LogP contribution in [-0.2, 0) is 20.7 Å². The molecular weight excluding hydrogens is 326 g/mol. The molecule has 26 heavy (non-hydrogen) atoms. The first-order valence-corrected chi connectivity index (χ1v) is 10.2. The molecular formula is C22H35NO3. The fraction of sp³-hybridized carbons (Fsp3) is 0.636. The van der Waals surface area contributed by atoms with Gasteiger partial charge in [0.05, 0.1) is 0 Å². The Kier molecular flexibility index (Phi) is 12.2. The number of benzene rings is 1. The number of para-hydroxylation sites is 1. The van der Waals surface area contributed by atoms with Crippen molar-refractivity contribution < 1.29 is 14.3 Å². The van der Waals surface area contributed by atoms with Crippen LogP contribution in [0.3, 0.4) is 0 Å². The number of amides is 1. The third-order valence-corrected chi connectivity index (χ3v) is 4.52. The fourth-order valence-corrected chi connectivity index (χ4v) is 2.94. The minimum absolute atomic E-state index is 0.214. The summed E-state index contributed by atoms with van der Waals surface area (Å²) in [7, 11) is 0. The first-order chi connectivity index (χ1) is 12.7. The van der Waals surface area contributed by atoms with Crippen molar-refractivity contribution in [2.45, 2.75) is 84.5 Å². The maximum Gasteiger partial charge on any atom is 0.306 e. The van der Waals surface area contributed by atoms with Crippen LogP contribution in [0.25, 0.3) is 0 Å². The molecule has 0 saturated heterocycles. The second kappa shape index (κ2) is 14.3. The molecule has 4 nitrogen and oxygen atoms in total. The summed E-state index contributed by atoms with van der Waals surface area (Å²) in [5, 5.41) is 2.81. The molecule has 1 aromatic rings. The summed E-state index contributed by atoms with van der Waals surface area (Å²) in [5.41, 5.74) is 1.86. The van der Waals surface area contributed by atoms with Crippen LogP contribution in [0.4, 0.5) is 5.69 Å². The van der Waals surface area contributed by atoms with Gasteiger partial charge in [-0.25, -0.2) is 0 Å². The van der Waals surface area contributed by atoms with Gasteiger partial charge in [0, 0.05) is 12.1 Å². The number of hydrogen-bond acceptors (Lipinski definition) is 3. The van der Waals surface area contributed by atoms with Gasteiger partial charge >= 0.3 is 5.97 Å². The molecule has 1 rings (SSSR count). The summed E-state index contributed by atoms with van der Waals surface area (Å²) < 4.78 is 5.07. The van der Waals surface area contributed by atoms with Crippen LogP contribution in [-0.4, -0.2) is 18.5 Å². The van der Waals surface area contributed by atoms with Crippen molar-refractivity contribution in [1.29, 1.82) is 0 Å². The van der Waals surface area contributed by atoms with Crippen LogP contribution < -0.4 is 5.32 Å². The van der Waals surface area contributed by atoms with Gasteiger partial charge in [-0.3, -0.25) is 9.59 Å². The minimum Gasteiger partial charge on any atom is -0.456 e. The van der Waals surface area contributed by atoms with Gasteiger partial charge in [-0.1, -0.05) is 83.4 Å². The second-order valence-corrected chi connectivity index (χ2v) is 6.80. The van der Waals surface area contributed by atoms with E-state index in [1.165, 1.54) is 44.9 Å². The molecule has 0 aliphatic carbocycles. The predicted molar refractivity (Wildman–Crippen MR) is 107 cm³/mol. The standard InChI is InChI=1S/C22H35NO3/c1-3-5-6-7-8-9-10-11-12-17-22(25)26-18-21(24)23-20-16-14-13-15-19(20)4-2/h13-16H,3-12,17-18H2,1-2H3,(H,23,24). The lowest BCUT2D eigenvalue weighted by Gasteiger charge is -2.10. The lowest BCUT2D eigenvalue weighted by molar-refractivity contribution is -0.147. The van der Waals surface area contributed by atoms with Crippen LogP contribution in [0.5, 0.6) is 0 Å². The van der Waals surface area contributed by atoms with Crippen LogP contribution in [0.2, 0.25) is 0 Å². The topological polar surface area (TPSA) is 55.4 Å². The van der Waals surface area contributed by atoms with Gasteiger partial charge < -0.3 is 10.1 Å². The van der Waals surface area contributed by atoms with E-state index in [9.17, 15) is 9.59 Å². The van der Waals surface area contributed by atoms with Crippen molar-refractivity contribution in [3.05, 3.63) is 29.8 Å². The smallest absolute Gasteiger partial charge is 0.306 e. The van der Waals surface area contributed by atoms with E-state index in [4.69, 9.17) is 4.74 Å². The number of unbranched alkanes of at least 4 members (excludes halogenated alkanes) is 8. The predicted octanol–water partition coefficient (Wildman–Crippen LogP) is 5.65. The molecule has 0 radical (unpaired) electrons. The fourth-order valence-electron chi connectivity index (χ4n) is 2.94. The number of anilines is 1. The number of hydrogen-bond donors (Lipinski definition) is 1. The van der Waals surface area contributed by atoms with E-state index >= 15 is 0 Å². The average molecular weight is 362 g/mol. The van der Waals surface area contributed by atoms with E-state index in [1.54, 1.807) is 0 Å². The third kappa shape index (κ3) is 10.2. The number of nitrogens with one attached hydrogen (secondary N) is 1. The van der Waals surface area contributed by atoms with Gasteiger partial charge in [0.1, 0.15) is 0 Å². The van der Waals surface area contributed by atoms with E-state index in [0.717, 1.165) is 30.5 Å². The lowest BCUT2D eigenvalue weighted by atomic mass is 10.1. The van der Waals surface area contributed by atoms with Gasteiger partial charge in [-0.15, -0.1) is 0 Å². The van der Waals surface area contributed by atoms with Crippen molar-refractivity contribution >= 4 is 17.6 Å². The van der Waals surface area contributed by atoms with Crippen molar-refractivity contribution in [2.75, 3.05) is 11.9 Å². The highest BCUT2D eigenvalue weighted by molar-refractivity contribution is 5.93. The molecule has 0 aliphatic heterocycles. The van der Waals surface area contributed by atoms with E-state index in [1.807, 2.05) is 31.2 Å². The molecule has 1 aromatic carbocycles. The van der Waals surface area contributed by atoms with Gasteiger partial charge in [0.25, 0.3) is 5.91 Å². The van der Waals surface area contributed by atoms with Gasteiger partial charge in [-0.05, 0) is 24.5 Å². The van der Waals surface area contributed by atoms with Crippen LogP contribution in [0, 0.1) is 0 Å². The van der Waals surface area contributed by atoms with Crippen molar-refractivity contribution in [2.24, 2.45) is 0 Å². The first-order valence-electron chi connectivity index (χ1n) is 10.2. The van der Waals surface area contributed by atoms with E-state index in [-0.39, 0.29) is 18.5 Å². The minimum atomic E-state index is -0.286. The summed E-state index contributed by atoms with van der Waals surface area (Å²) in [6, 6.07) is 7.66. The lowest BCUT2D eigenvalue weighted by Crippen LogP contribution is -2.21. The number of ether oxygens (including phenoxy) is 1. The molecule has 0 aromatic heterocycles. The summed E-state index contributed by atoms with van der Waals surface area (Å²) in [6.07, 6.45) is 12.1. The molecule has 0 spiro atoms. The highest BCUT2D eigenvalue weighted by Gasteiger charge is 2.09. The summed E-state index contributed by atoms with van der Waals surface area (Å²) >= 11 is 0. The molecule has 0 aliphatic rings.